The minimum Gasteiger partial charge on any atom is -0.344 e. The van der Waals surface area contributed by atoms with E-state index in [0.29, 0.717) is 0 Å². The highest BCUT2D eigenvalue weighted by Crippen LogP contribution is 2.35. The maximum Gasteiger partial charge on any atom is 0.253 e. The summed E-state index contributed by atoms with van der Waals surface area (Å²) in [6.45, 7) is 9.57. The molecule has 2 rings (SSSR count). The van der Waals surface area contributed by atoms with Gasteiger partial charge in [0, 0.05) is 10.9 Å². The van der Waals surface area contributed by atoms with E-state index in [1.165, 1.54) is 18.2 Å². The van der Waals surface area contributed by atoms with Gasteiger partial charge in [0.25, 0.3) is 5.91 Å². The number of hydrogen-bond acceptors (Lipinski definition) is 4. The number of carbonyl (C=O) groups excluding carboxylic acids is 1. The topological polar surface area (TPSA) is 75.3 Å². The summed E-state index contributed by atoms with van der Waals surface area (Å²) in [5.74, 6) is -0.407. The maximum atomic E-state index is 12.9. The molecule has 1 heterocycles. The van der Waals surface area contributed by atoms with Crippen molar-refractivity contribution < 1.29 is 13.2 Å². The molecule has 1 amide bonds. The minimum atomic E-state index is -3.72. The van der Waals surface area contributed by atoms with Crippen LogP contribution >= 0.6 is 22.9 Å². The Morgan fingerprint density at radius 3 is 2.37 bits per heavy atom. The number of thiophene rings is 1. The summed E-state index contributed by atoms with van der Waals surface area (Å²) in [6.07, 6.45) is 0. The lowest BCUT2D eigenvalue weighted by atomic mass is 9.85. The Morgan fingerprint density at radius 2 is 1.85 bits per heavy atom. The average Bonchev–Trinajstić information content (AvgIpc) is 3.04. The van der Waals surface area contributed by atoms with Crippen molar-refractivity contribution in [1.82, 2.24) is 10.0 Å². The molecule has 8 heteroatoms. The number of benzene rings is 1. The molecule has 5 nitrogen and oxygen atoms in total. The molecule has 0 aliphatic heterocycles. The summed E-state index contributed by atoms with van der Waals surface area (Å²) in [4.78, 5) is 13.9. The van der Waals surface area contributed by atoms with Crippen LogP contribution in [-0.4, -0.2) is 20.4 Å². The number of halogens is 1. The Morgan fingerprint density at radius 1 is 1.19 bits per heavy atom. The second kappa shape index (κ2) is 8.31. The third kappa shape index (κ3) is 5.54. The van der Waals surface area contributed by atoms with Gasteiger partial charge in [0.2, 0.25) is 10.0 Å². The summed E-state index contributed by atoms with van der Waals surface area (Å²) < 4.78 is 27.3. The van der Waals surface area contributed by atoms with Gasteiger partial charge in [0.15, 0.2) is 0 Å². The lowest BCUT2D eigenvalue weighted by molar-refractivity contribution is 0.0903. The molecule has 27 heavy (non-hydrogen) atoms. The van der Waals surface area contributed by atoms with Gasteiger partial charge in [-0.05, 0) is 48.9 Å². The number of rotatable bonds is 6. The van der Waals surface area contributed by atoms with Crippen LogP contribution in [0.2, 0.25) is 5.02 Å². The van der Waals surface area contributed by atoms with Gasteiger partial charge in [-0.3, -0.25) is 4.79 Å². The Hall–Kier alpha value is -1.41. The largest absolute Gasteiger partial charge is 0.344 e. The lowest BCUT2D eigenvalue weighted by Gasteiger charge is -2.31. The predicted octanol–water partition coefficient (Wildman–Crippen LogP) is 4.61. The molecule has 0 saturated carbocycles. The molecule has 2 aromatic rings. The molecule has 0 aliphatic rings. The first-order valence-electron chi connectivity index (χ1n) is 8.58. The van der Waals surface area contributed by atoms with Crippen LogP contribution in [-0.2, 0) is 10.0 Å². The minimum absolute atomic E-state index is 0.00850. The normalized spacial score (nSPS) is 13.6. The Labute approximate surface area is 170 Å². The molecule has 0 saturated heterocycles. The number of sulfonamides is 1. The number of nitrogens with one attached hydrogen (secondary N) is 2. The van der Waals surface area contributed by atoms with E-state index in [0.717, 1.165) is 4.88 Å². The zero-order chi connectivity index (χ0) is 20.4. The van der Waals surface area contributed by atoms with Gasteiger partial charge >= 0.3 is 0 Å². The SMILES string of the molecule is CC(C)NS(=O)(=O)c1ccc(Cl)c(C(=O)NC(c2cccs2)C(C)(C)C)c1. The predicted molar refractivity (Wildman–Crippen MR) is 111 cm³/mol. The molecular weight excluding hydrogens is 404 g/mol. The average molecular weight is 429 g/mol. The van der Waals surface area contributed by atoms with Crippen LogP contribution < -0.4 is 10.0 Å². The van der Waals surface area contributed by atoms with Crippen molar-refractivity contribution in [2.75, 3.05) is 0 Å². The van der Waals surface area contributed by atoms with Crippen LogP contribution in [0.5, 0.6) is 0 Å². The Balaban J connectivity index is 2.37. The van der Waals surface area contributed by atoms with Crippen molar-refractivity contribution in [2.24, 2.45) is 5.41 Å². The lowest BCUT2D eigenvalue weighted by Crippen LogP contribution is -2.36. The number of carbonyl (C=O) groups is 1. The fraction of sp³-hybridized carbons (Fsp3) is 0.421. The summed E-state index contributed by atoms with van der Waals surface area (Å²) in [6, 6.07) is 7.56. The fourth-order valence-corrected chi connectivity index (χ4v) is 5.10. The van der Waals surface area contributed by atoms with Gasteiger partial charge in [-0.1, -0.05) is 38.4 Å². The second-order valence-electron chi connectivity index (χ2n) is 7.71. The van der Waals surface area contributed by atoms with E-state index in [4.69, 9.17) is 11.6 Å². The third-order valence-electron chi connectivity index (χ3n) is 3.85. The first kappa shape index (κ1) is 21.9. The number of amides is 1. The molecule has 0 bridgehead atoms. The summed E-state index contributed by atoms with van der Waals surface area (Å²) in [7, 11) is -3.72. The smallest absolute Gasteiger partial charge is 0.253 e. The molecular formula is C19H25ClN2O3S2. The van der Waals surface area contributed by atoms with Gasteiger partial charge in [-0.15, -0.1) is 11.3 Å². The molecule has 148 valence electrons. The summed E-state index contributed by atoms with van der Waals surface area (Å²) in [5.41, 5.74) is -0.0929. The first-order valence-corrected chi connectivity index (χ1v) is 11.3. The van der Waals surface area contributed by atoms with Crippen LogP contribution in [0.15, 0.2) is 40.6 Å². The van der Waals surface area contributed by atoms with E-state index in [9.17, 15) is 13.2 Å². The van der Waals surface area contributed by atoms with E-state index < -0.39 is 15.9 Å². The Kier molecular flexibility index (Phi) is 6.73. The fourth-order valence-electron chi connectivity index (χ4n) is 2.60. The third-order valence-corrected chi connectivity index (χ3v) is 6.78. The van der Waals surface area contributed by atoms with Crippen molar-refractivity contribution in [3.8, 4) is 0 Å². The monoisotopic (exact) mass is 428 g/mol. The zero-order valence-electron chi connectivity index (χ0n) is 16.0. The maximum absolute atomic E-state index is 12.9. The van der Waals surface area contributed by atoms with Gasteiger partial charge in [0.1, 0.15) is 0 Å². The molecule has 0 radical (unpaired) electrons. The van der Waals surface area contributed by atoms with Crippen molar-refractivity contribution in [3.63, 3.8) is 0 Å². The van der Waals surface area contributed by atoms with Crippen LogP contribution in [0.1, 0.15) is 55.9 Å². The second-order valence-corrected chi connectivity index (χ2v) is 10.8. The van der Waals surface area contributed by atoms with Crippen molar-refractivity contribution >= 4 is 38.9 Å². The molecule has 0 spiro atoms. The van der Waals surface area contributed by atoms with Crippen LogP contribution in [0.3, 0.4) is 0 Å². The van der Waals surface area contributed by atoms with E-state index in [2.05, 4.69) is 10.0 Å². The Bertz CT molecular complexity index is 902. The van der Waals surface area contributed by atoms with Crippen LogP contribution in [0.4, 0.5) is 0 Å². The zero-order valence-corrected chi connectivity index (χ0v) is 18.4. The molecule has 1 aromatic heterocycles. The van der Waals surface area contributed by atoms with E-state index in [1.54, 1.807) is 25.2 Å². The van der Waals surface area contributed by atoms with Crippen molar-refractivity contribution in [1.29, 1.82) is 0 Å². The van der Waals surface area contributed by atoms with E-state index in [1.807, 2.05) is 38.3 Å². The van der Waals surface area contributed by atoms with Gasteiger partial charge in [0.05, 0.1) is 21.5 Å². The highest BCUT2D eigenvalue weighted by molar-refractivity contribution is 7.89. The van der Waals surface area contributed by atoms with Crippen LogP contribution in [0.25, 0.3) is 0 Å². The summed E-state index contributed by atoms with van der Waals surface area (Å²) in [5, 5.41) is 5.17. The molecule has 1 atom stereocenters. The summed E-state index contributed by atoms with van der Waals surface area (Å²) >= 11 is 7.76. The van der Waals surface area contributed by atoms with Gasteiger partial charge in [-0.25, -0.2) is 13.1 Å². The van der Waals surface area contributed by atoms with E-state index in [-0.39, 0.29) is 33.0 Å². The molecule has 2 N–H and O–H groups in total. The van der Waals surface area contributed by atoms with Crippen LogP contribution in [0, 0.1) is 5.41 Å². The van der Waals surface area contributed by atoms with Gasteiger partial charge in [-0.2, -0.15) is 0 Å². The molecule has 0 fully saturated rings. The van der Waals surface area contributed by atoms with Crippen molar-refractivity contribution in [2.45, 2.75) is 51.6 Å². The van der Waals surface area contributed by atoms with E-state index >= 15 is 0 Å². The quantitative estimate of drug-likeness (QED) is 0.705. The molecule has 1 aromatic carbocycles. The highest BCUT2D eigenvalue weighted by atomic mass is 35.5. The first-order chi connectivity index (χ1) is 12.4. The van der Waals surface area contributed by atoms with Gasteiger partial charge < -0.3 is 5.32 Å². The van der Waals surface area contributed by atoms with Crippen molar-refractivity contribution in [3.05, 3.63) is 51.2 Å². The molecule has 0 aliphatic carbocycles. The number of hydrogen-bond donors (Lipinski definition) is 2. The molecule has 1 unspecified atom stereocenters. The standard InChI is InChI=1S/C19H25ClN2O3S2/c1-12(2)22-27(24,25)13-8-9-15(20)14(11-13)18(23)21-17(19(3,4)5)16-7-6-10-26-16/h6-12,17,22H,1-5H3,(H,21,23). The highest BCUT2D eigenvalue weighted by Gasteiger charge is 2.30.